The summed E-state index contributed by atoms with van der Waals surface area (Å²) in [6.45, 7) is 4.52. The van der Waals surface area contributed by atoms with Gasteiger partial charge in [0.15, 0.2) is 0 Å². The minimum atomic E-state index is 0.143. The summed E-state index contributed by atoms with van der Waals surface area (Å²) in [5.74, 6) is 0.717. The highest BCUT2D eigenvalue weighted by atomic mass is 16.5. The smallest absolute Gasteiger partial charge is 0.0682 e. The molecule has 0 aromatic carbocycles. The van der Waals surface area contributed by atoms with Gasteiger partial charge in [-0.3, -0.25) is 0 Å². The maximum absolute atomic E-state index is 5.89. The standard InChI is InChI=1S/C11H23NO/c1-9(2)8-11(13-3)6-4-10(12)5-7-11/h9-10H,4-8,12H2,1-3H3. The molecule has 1 aliphatic rings. The van der Waals surface area contributed by atoms with Crippen molar-refractivity contribution in [3.05, 3.63) is 0 Å². The lowest BCUT2D eigenvalue weighted by molar-refractivity contribution is -0.0565. The van der Waals surface area contributed by atoms with Crippen molar-refractivity contribution in [2.75, 3.05) is 7.11 Å². The molecule has 1 aliphatic carbocycles. The van der Waals surface area contributed by atoms with Crippen LogP contribution < -0.4 is 5.73 Å². The first-order valence-corrected chi connectivity index (χ1v) is 5.39. The molecule has 78 valence electrons. The predicted octanol–water partition coefficient (Wildman–Crippen LogP) is 2.32. The van der Waals surface area contributed by atoms with E-state index in [1.165, 1.54) is 6.42 Å². The molecule has 0 radical (unpaired) electrons. The van der Waals surface area contributed by atoms with Crippen LogP contribution in [0.2, 0.25) is 0 Å². The third-order valence-corrected chi connectivity index (χ3v) is 3.15. The average Bonchev–Trinajstić information content (AvgIpc) is 2.09. The Kier molecular flexibility index (Phi) is 3.74. The first kappa shape index (κ1) is 11.0. The van der Waals surface area contributed by atoms with Gasteiger partial charge >= 0.3 is 0 Å². The van der Waals surface area contributed by atoms with E-state index in [1.807, 2.05) is 7.11 Å². The Hall–Kier alpha value is -0.0800. The third-order valence-electron chi connectivity index (χ3n) is 3.15. The molecule has 0 amide bonds. The van der Waals surface area contributed by atoms with Crippen LogP contribution in [0.15, 0.2) is 0 Å². The quantitative estimate of drug-likeness (QED) is 0.732. The highest BCUT2D eigenvalue weighted by Crippen LogP contribution is 2.35. The lowest BCUT2D eigenvalue weighted by Gasteiger charge is -2.39. The van der Waals surface area contributed by atoms with Gasteiger partial charge < -0.3 is 10.5 Å². The van der Waals surface area contributed by atoms with E-state index >= 15 is 0 Å². The second kappa shape index (κ2) is 4.43. The maximum Gasteiger partial charge on any atom is 0.0682 e. The second-order valence-corrected chi connectivity index (χ2v) is 4.82. The normalized spacial score (nSPS) is 35.3. The SMILES string of the molecule is COC1(CC(C)C)CCC(N)CC1. The van der Waals surface area contributed by atoms with Crippen LogP contribution >= 0.6 is 0 Å². The fraction of sp³-hybridized carbons (Fsp3) is 1.00. The summed E-state index contributed by atoms with van der Waals surface area (Å²) < 4.78 is 5.68. The Balaban J connectivity index is 2.50. The summed E-state index contributed by atoms with van der Waals surface area (Å²) in [5, 5.41) is 0. The van der Waals surface area contributed by atoms with Gasteiger partial charge in [0, 0.05) is 13.2 Å². The molecule has 0 bridgehead atoms. The Bertz CT molecular complexity index is 148. The van der Waals surface area contributed by atoms with Gasteiger partial charge in [-0.25, -0.2) is 0 Å². The predicted molar refractivity (Wildman–Crippen MR) is 55.6 cm³/mol. The number of nitrogens with two attached hydrogens (primary N) is 1. The van der Waals surface area contributed by atoms with Crippen molar-refractivity contribution in [3.8, 4) is 0 Å². The van der Waals surface area contributed by atoms with E-state index in [-0.39, 0.29) is 5.60 Å². The van der Waals surface area contributed by atoms with Crippen molar-refractivity contribution in [1.29, 1.82) is 0 Å². The number of ether oxygens (including phenoxy) is 1. The molecule has 0 aromatic heterocycles. The second-order valence-electron chi connectivity index (χ2n) is 4.82. The van der Waals surface area contributed by atoms with E-state index in [2.05, 4.69) is 13.8 Å². The van der Waals surface area contributed by atoms with Crippen LogP contribution in [-0.4, -0.2) is 18.8 Å². The summed E-state index contributed by atoms with van der Waals surface area (Å²) in [6, 6.07) is 0.412. The van der Waals surface area contributed by atoms with E-state index < -0.39 is 0 Å². The highest BCUT2D eigenvalue weighted by molar-refractivity contribution is 4.88. The molecule has 13 heavy (non-hydrogen) atoms. The summed E-state index contributed by atoms with van der Waals surface area (Å²) in [5.41, 5.74) is 6.03. The molecule has 0 aliphatic heterocycles. The van der Waals surface area contributed by atoms with Crippen LogP contribution in [0, 0.1) is 5.92 Å². The minimum absolute atomic E-state index is 0.143. The average molecular weight is 185 g/mol. The number of rotatable bonds is 3. The van der Waals surface area contributed by atoms with Gasteiger partial charge in [0.2, 0.25) is 0 Å². The van der Waals surface area contributed by atoms with E-state index in [1.54, 1.807) is 0 Å². The molecule has 1 fully saturated rings. The van der Waals surface area contributed by atoms with Crippen LogP contribution in [0.1, 0.15) is 46.0 Å². The molecule has 0 unspecified atom stereocenters. The topological polar surface area (TPSA) is 35.2 Å². The number of methoxy groups -OCH3 is 1. The number of hydrogen-bond acceptors (Lipinski definition) is 2. The molecule has 1 rings (SSSR count). The first-order valence-electron chi connectivity index (χ1n) is 5.39. The summed E-state index contributed by atoms with van der Waals surface area (Å²) in [6.07, 6.45) is 5.71. The zero-order valence-electron chi connectivity index (χ0n) is 9.18. The van der Waals surface area contributed by atoms with Crippen molar-refractivity contribution >= 4 is 0 Å². The van der Waals surface area contributed by atoms with Gasteiger partial charge in [0.1, 0.15) is 0 Å². The largest absolute Gasteiger partial charge is 0.378 e. The molecule has 1 saturated carbocycles. The van der Waals surface area contributed by atoms with E-state index in [0.717, 1.165) is 25.7 Å². The molecular formula is C11H23NO. The Labute approximate surface area is 81.8 Å². The van der Waals surface area contributed by atoms with E-state index in [0.29, 0.717) is 12.0 Å². The van der Waals surface area contributed by atoms with Gasteiger partial charge in [-0.05, 0) is 38.0 Å². The van der Waals surface area contributed by atoms with E-state index in [4.69, 9.17) is 10.5 Å². The zero-order chi connectivity index (χ0) is 9.90. The van der Waals surface area contributed by atoms with Gasteiger partial charge in [0.25, 0.3) is 0 Å². The lowest BCUT2D eigenvalue weighted by Crippen LogP contribution is -2.41. The Morgan fingerprint density at radius 1 is 1.38 bits per heavy atom. The van der Waals surface area contributed by atoms with Crippen molar-refractivity contribution < 1.29 is 4.74 Å². The Morgan fingerprint density at radius 2 is 1.92 bits per heavy atom. The molecule has 2 heteroatoms. The summed E-state index contributed by atoms with van der Waals surface area (Å²) in [7, 11) is 1.85. The molecule has 0 atom stereocenters. The zero-order valence-corrected chi connectivity index (χ0v) is 9.18. The van der Waals surface area contributed by atoms with Crippen LogP contribution in [0.4, 0.5) is 0 Å². The van der Waals surface area contributed by atoms with Crippen LogP contribution in [-0.2, 0) is 4.74 Å². The monoisotopic (exact) mass is 185 g/mol. The third kappa shape index (κ3) is 2.96. The van der Waals surface area contributed by atoms with Crippen molar-refractivity contribution in [3.63, 3.8) is 0 Å². The fourth-order valence-corrected chi connectivity index (χ4v) is 2.40. The van der Waals surface area contributed by atoms with Crippen LogP contribution in [0.3, 0.4) is 0 Å². The van der Waals surface area contributed by atoms with Gasteiger partial charge in [-0.2, -0.15) is 0 Å². The van der Waals surface area contributed by atoms with Crippen molar-refractivity contribution in [1.82, 2.24) is 0 Å². The first-order chi connectivity index (χ1) is 6.08. The molecule has 0 heterocycles. The molecule has 0 aromatic rings. The molecule has 2 N–H and O–H groups in total. The summed E-state index contributed by atoms with van der Waals surface area (Å²) >= 11 is 0. The van der Waals surface area contributed by atoms with Gasteiger partial charge in [-0.15, -0.1) is 0 Å². The molecule has 0 spiro atoms. The molecular weight excluding hydrogens is 162 g/mol. The van der Waals surface area contributed by atoms with Crippen LogP contribution in [0.5, 0.6) is 0 Å². The lowest BCUT2D eigenvalue weighted by atomic mass is 9.77. The van der Waals surface area contributed by atoms with Crippen molar-refractivity contribution in [2.45, 2.75) is 57.6 Å². The van der Waals surface area contributed by atoms with E-state index in [9.17, 15) is 0 Å². The molecule has 0 saturated heterocycles. The Morgan fingerprint density at radius 3 is 2.31 bits per heavy atom. The van der Waals surface area contributed by atoms with Crippen molar-refractivity contribution in [2.24, 2.45) is 11.7 Å². The minimum Gasteiger partial charge on any atom is -0.378 e. The highest BCUT2D eigenvalue weighted by Gasteiger charge is 2.34. The van der Waals surface area contributed by atoms with Crippen LogP contribution in [0.25, 0.3) is 0 Å². The van der Waals surface area contributed by atoms with Gasteiger partial charge in [0.05, 0.1) is 5.60 Å². The molecule has 2 nitrogen and oxygen atoms in total. The van der Waals surface area contributed by atoms with Gasteiger partial charge in [-0.1, -0.05) is 13.8 Å². The number of hydrogen-bond donors (Lipinski definition) is 1. The fourth-order valence-electron chi connectivity index (χ4n) is 2.40. The summed E-state index contributed by atoms with van der Waals surface area (Å²) in [4.78, 5) is 0. The maximum atomic E-state index is 5.89.